The van der Waals surface area contributed by atoms with Crippen LogP contribution in [0.4, 0.5) is 4.39 Å². The third-order valence-corrected chi connectivity index (χ3v) is 5.39. The fourth-order valence-electron chi connectivity index (χ4n) is 2.27. The SMILES string of the molecule is Cl.NC/C=C(\F)COc1ccc(S(=O)(=O)CCN2CCOCC2)cc1. The van der Waals surface area contributed by atoms with E-state index in [1.807, 2.05) is 0 Å². The van der Waals surface area contributed by atoms with Gasteiger partial charge in [0.05, 0.1) is 23.9 Å². The molecule has 0 amide bonds. The molecule has 0 aromatic heterocycles. The number of nitrogens with zero attached hydrogens (tertiary/aromatic N) is 1. The first-order chi connectivity index (χ1) is 11.5. The zero-order valence-corrected chi connectivity index (χ0v) is 15.5. The van der Waals surface area contributed by atoms with Crippen molar-refractivity contribution in [3.63, 3.8) is 0 Å². The summed E-state index contributed by atoms with van der Waals surface area (Å²) in [7, 11) is -3.36. The van der Waals surface area contributed by atoms with Crippen molar-refractivity contribution in [2.75, 3.05) is 51.8 Å². The summed E-state index contributed by atoms with van der Waals surface area (Å²) in [6.07, 6.45) is 1.23. The summed E-state index contributed by atoms with van der Waals surface area (Å²) in [5.74, 6) is 0.00329. The lowest BCUT2D eigenvalue weighted by Gasteiger charge is -2.26. The third kappa shape index (κ3) is 7.29. The molecule has 1 aliphatic heterocycles. The molecule has 6 nitrogen and oxygen atoms in total. The Balaban J connectivity index is 0.00000312. The molecule has 2 rings (SSSR count). The molecule has 0 bridgehead atoms. The summed E-state index contributed by atoms with van der Waals surface area (Å²) in [6, 6.07) is 6.01. The fraction of sp³-hybridized carbons (Fsp3) is 0.500. The van der Waals surface area contributed by atoms with E-state index in [1.54, 1.807) is 0 Å². The maximum absolute atomic E-state index is 13.2. The Morgan fingerprint density at radius 3 is 2.52 bits per heavy atom. The molecule has 1 fully saturated rings. The Hall–Kier alpha value is -1.19. The Morgan fingerprint density at radius 2 is 1.92 bits per heavy atom. The average Bonchev–Trinajstić information content (AvgIpc) is 2.60. The summed E-state index contributed by atoms with van der Waals surface area (Å²) in [6.45, 7) is 3.16. The predicted octanol–water partition coefficient (Wildman–Crippen LogP) is 1.41. The number of benzene rings is 1. The van der Waals surface area contributed by atoms with E-state index < -0.39 is 15.7 Å². The molecule has 0 aliphatic carbocycles. The van der Waals surface area contributed by atoms with Gasteiger partial charge in [-0.1, -0.05) is 0 Å². The van der Waals surface area contributed by atoms with Crippen LogP contribution in [-0.4, -0.2) is 65.1 Å². The van der Waals surface area contributed by atoms with Crippen molar-refractivity contribution in [3.8, 4) is 5.75 Å². The molecule has 1 aliphatic rings. The van der Waals surface area contributed by atoms with E-state index in [-0.39, 0.29) is 36.2 Å². The minimum Gasteiger partial charge on any atom is -0.487 e. The second-order valence-electron chi connectivity index (χ2n) is 5.42. The highest BCUT2D eigenvalue weighted by Gasteiger charge is 2.18. The van der Waals surface area contributed by atoms with Gasteiger partial charge in [0.15, 0.2) is 9.84 Å². The fourth-order valence-corrected chi connectivity index (χ4v) is 3.56. The summed E-state index contributed by atoms with van der Waals surface area (Å²) in [5.41, 5.74) is 5.20. The summed E-state index contributed by atoms with van der Waals surface area (Å²) < 4.78 is 48.4. The maximum atomic E-state index is 13.2. The van der Waals surface area contributed by atoms with Crippen molar-refractivity contribution in [2.24, 2.45) is 5.73 Å². The van der Waals surface area contributed by atoms with Crippen LogP contribution in [0.5, 0.6) is 5.75 Å². The number of ether oxygens (including phenoxy) is 2. The van der Waals surface area contributed by atoms with Crippen molar-refractivity contribution >= 4 is 22.2 Å². The van der Waals surface area contributed by atoms with Gasteiger partial charge in [-0.15, -0.1) is 12.4 Å². The molecular weight excluding hydrogens is 371 g/mol. The number of halogens is 2. The molecule has 1 heterocycles. The maximum Gasteiger partial charge on any atom is 0.179 e. The smallest absolute Gasteiger partial charge is 0.179 e. The lowest BCUT2D eigenvalue weighted by atomic mass is 10.3. The molecule has 1 aromatic rings. The lowest BCUT2D eigenvalue weighted by Crippen LogP contribution is -2.39. The summed E-state index contributed by atoms with van der Waals surface area (Å²) in [4.78, 5) is 2.31. The predicted molar refractivity (Wildman–Crippen MR) is 96.7 cm³/mol. The highest BCUT2D eigenvalue weighted by atomic mass is 35.5. The van der Waals surface area contributed by atoms with E-state index in [2.05, 4.69) is 4.90 Å². The second-order valence-corrected chi connectivity index (χ2v) is 7.53. The number of rotatable bonds is 8. The van der Waals surface area contributed by atoms with Crippen LogP contribution in [0, 0.1) is 0 Å². The standard InChI is InChI=1S/C16H23FN2O4S.ClH/c17-14(5-6-18)13-23-15-1-3-16(4-2-15)24(20,21)12-9-19-7-10-22-11-8-19;/h1-5H,6-13,18H2;1H/b14-5-;. The van der Waals surface area contributed by atoms with Crippen molar-refractivity contribution < 1.29 is 22.3 Å². The Morgan fingerprint density at radius 1 is 1.28 bits per heavy atom. The molecule has 25 heavy (non-hydrogen) atoms. The van der Waals surface area contributed by atoms with Gasteiger partial charge in [0.1, 0.15) is 18.2 Å². The van der Waals surface area contributed by atoms with Gasteiger partial charge in [-0.05, 0) is 30.3 Å². The van der Waals surface area contributed by atoms with Crippen molar-refractivity contribution in [3.05, 3.63) is 36.2 Å². The van der Waals surface area contributed by atoms with Crippen LogP contribution in [-0.2, 0) is 14.6 Å². The van der Waals surface area contributed by atoms with E-state index in [9.17, 15) is 12.8 Å². The molecule has 2 N–H and O–H groups in total. The van der Waals surface area contributed by atoms with Crippen LogP contribution < -0.4 is 10.5 Å². The molecule has 0 saturated carbocycles. The molecule has 0 spiro atoms. The van der Waals surface area contributed by atoms with E-state index in [1.165, 1.54) is 30.3 Å². The normalized spacial score (nSPS) is 16.3. The number of sulfone groups is 1. The molecular formula is C16H24ClFN2O4S. The average molecular weight is 395 g/mol. The molecule has 9 heteroatoms. The largest absolute Gasteiger partial charge is 0.487 e. The minimum atomic E-state index is -3.36. The Kier molecular flexibility index (Phi) is 9.37. The monoisotopic (exact) mass is 394 g/mol. The molecule has 1 saturated heterocycles. The van der Waals surface area contributed by atoms with Gasteiger partial charge < -0.3 is 15.2 Å². The molecule has 0 atom stereocenters. The first kappa shape index (κ1) is 21.9. The van der Waals surface area contributed by atoms with Gasteiger partial charge in [-0.2, -0.15) is 0 Å². The van der Waals surface area contributed by atoms with Gasteiger partial charge >= 0.3 is 0 Å². The quantitative estimate of drug-likeness (QED) is 0.717. The van der Waals surface area contributed by atoms with Gasteiger partial charge in [0.2, 0.25) is 0 Å². The van der Waals surface area contributed by atoms with Gasteiger partial charge in [-0.3, -0.25) is 4.90 Å². The number of hydrogen-bond donors (Lipinski definition) is 1. The van der Waals surface area contributed by atoms with Crippen LogP contribution in [0.2, 0.25) is 0 Å². The van der Waals surface area contributed by atoms with E-state index in [4.69, 9.17) is 15.2 Å². The van der Waals surface area contributed by atoms with E-state index in [0.717, 1.165) is 13.1 Å². The second kappa shape index (κ2) is 10.7. The van der Waals surface area contributed by atoms with Gasteiger partial charge in [-0.25, -0.2) is 12.8 Å². The Labute approximate surface area is 154 Å². The lowest BCUT2D eigenvalue weighted by molar-refractivity contribution is 0.0408. The van der Waals surface area contributed by atoms with Crippen molar-refractivity contribution in [1.82, 2.24) is 4.90 Å². The molecule has 142 valence electrons. The van der Waals surface area contributed by atoms with Gasteiger partial charge in [0, 0.05) is 26.2 Å². The van der Waals surface area contributed by atoms with Crippen molar-refractivity contribution in [1.29, 1.82) is 0 Å². The molecule has 0 unspecified atom stereocenters. The van der Waals surface area contributed by atoms with Crippen LogP contribution in [0.1, 0.15) is 0 Å². The third-order valence-electron chi connectivity index (χ3n) is 3.68. The summed E-state index contributed by atoms with van der Waals surface area (Å²) in [5, 5.41) is 0. The first-order valence-electron chi connectivity index (χ1n) is 7.81. The van der Waals surface area contributed by atoms with Crippen LogP contribution in [0.3, 0.4) is 0 Å². The van der Waals surface area contributed by atoms with Crippen LogP contribution in [0.15, 0.2) is 41.1 Å². The van der Waals surface area contributed by atoms with Crippen molar-refractivity contribution in [2.45, 2.75) is 4.90 Å². The number of nitrogens with two attached hydrogens (primary N) is 1. The Bertz CT molecular complexity index is 647. The zero-order chi connectivity index (χ0) is 17.4. The van der Waals surface area contributed by atoms with E-state index in [0.29, 0.717) is 25.5 Å². The summed E-state index contributed by atoms with van der Waals surface area (Å²) >= 11 is 0. The topological polar surface area (TPSA) is 81.9 Å². The highest BCUT2D eigenvalue weighted by molar-refractivity contribution is 7.91. The van der Waals surface area contributed by atoms with Crippen LogP contribution >= 0.6 is 12.4 Å². The number of morpholine rings is 1. The number of hydrogen-bond acceptors (Lipinski definition) is 6. The van der Waals surface area contributed by atoms with Gasteiger partial charge in [0.25, 0.3) is 0 Å². The molecule has 0 radical (unpaired) electrons. The van der Waals surface area contributed by atoms with Crippen LogP contribution in [0.25, 0.3) is 0 Å². The molecule has 1 aromatic carbocycles. The van der Waals surface area contributed by atoms with E-state index >= 15 is 0 Å². The first-order valence-corrected chi connectivity index (χ1v) is 9.47. The minimum absolute atomic E-state index is 0. The zero-order valence-electron chi connectivity index (χ0n) is 13.9. The highest BCUT2D eigenvalue weighted by Crippen LogP contribution is 2.18.